The highest BCUT2D eigenvalue weighted by Crippen LogP contribution is 2.29. The number of amides is 2. The maximum absolute atomic E-state index is 11.9. The number of benzene rings is 1. The Morgan fingerprint density at radius 2 is 2.10 bits per heavy atom. The van der Waals surface area contributed by atoms with Gasteiger partial charge in [-0.15, -0.1) is 0 Å². The van der Waals surface area contributed by atoms with Crippen molar-refractivity contribution in [1.29, 1.82) is 0 Å². The van der Waals surface area contributed by atoms with Crippen molar-refractivity contribution in [3.63, 3.8) is 0 Å². The lowest BCUT2D eigenvalue weighted by Crippen LogP contribution is -2.36. The number of carboxylic acids is 1. The second kappa shape index (κ2) is 6.71. The topological polar surface area (TPSA) is 98.7 Å². The van der Waals surface area contributed by atoms with Gasteiger partial charge >= 0.3 is 12.0 Å². The summed E-state index contributed by atoms with van der Waals surface area (Å²) in [5.74, 6) is -1.68. The van der Waals surface area contributed by atoms with Crippen LogP contribution in [0.5, 0.6) is 5.75 Å². The Morgan fingerprint density at radius 1 is 1.33 bits per heavy atom. The number of phenols is 1. The molecule has 2 amide bonds. The van der Waals surface area contributed by atoms with Gasteiger partial charge in [0, 0.05) is 11.3 Å². The van der Waals surface area contributed by atoms with E-state index in [-0.39, 0.29) is 17.3 Å². The molecule has 2 atom stereocenters. The van der Waals surface area contributed by atoms with Gasteiger partial charge in [-0.1, -0.05) is 6.07 Å². The largest absolute Gasteiger partial charge is 0.505 e. The van der Waals surface area contributed by atoms with Gasteiger partial charge in [0.05, 0.1) is 5.69 Å². The van der Waals surface area contributed by atoms with E-state index in [0.717, 1.165) is 19.3 Å². The maximum Gasteiger partial charge on any atom is 0.339 e. The van der Waals surface area contributed by atoms with Gasteiger partial charge in [-0.05, 0) is 37.7 Å². The minimum atomic E-state index is -1.24. The first kappa shape index (κ1) is 15.5. The number of urea groups is 1. The van der Waals surface area contributed by atoms with Gasteiger partial charge in [0.25, 0.3) is 0 Å². The standard InChI is InChI=1S/C14H18N2O4S/c1-21-9-6-5-8(7-9)15-14(20)16-11-4-2-3-10(12(11)17)13(18)19/h2-4,8-9,17H,5-7H2,1H3,(H,18,19)(H2,15,16,20). The van der Waals surface area contributed by atoms with Gasteiger partial charge in [-0.2, -0.15) is 11.8 Å². The summed E-state index contributed by atoms with van der Waals surface area (Å²) in [6, 6.07) is 3.89. The number of hydrogen-bond donors (Lipinski definition) is 4. The quantitative estimate of drug-likeness (QED) is 0.640. The van der Waals surface area contributed by atoms with E-state index < -0.39 is 17.7 Å². The smallest absolute Gasteiger partial charge is 0.339 e. The fourth-order valence-electron chi connectivity index (χ4n) is 2.45. The third-order valence-electron chi connectivity index (χ3n) is 3.57. The van der Waals surface area contributed by atoms with Gasteiger partial charge in [0.2, 0.25) is 0 Å². The highest BCUT2D eigenvalue weighted by atomic mass is 32.2. The molecule has 0 saturated heterocycles. The molecule has 1 saturated carbocycles. The predicted octanol–water partition coefficient (Wildman–Crippen LogP) is 2.50. The van der Waals surface area contributed by atoms with Crippen LogP contribution in [-0.2, 0) is 0 Å². The summed E-state index contributed by atoms with van der Waals surface area (Å²) in [5, 5.41) is 24.7. The summed E-state index contributed by atoms with van der Waals surface area (Å²) in [5.41, 5.74) is -0.150. The Labute approximate surface area is 126 Å². The first-order chi connectivity index (χ1) is 10.0. The molecule has 2 unspecified atom stereocenters. The lowest BCUT2D eigenvalue weighted by molar-refractivity contribution is 0.0693. The molecule has 2 rings (SSSR count). The highest BCUT2D eigenvalue weighted by molar-refractivity contribution is 7.99. The maximum atomic E-state index is 11.9. The molecule has 4 N–H and O–H groups in total. The van der Waals surface area contributed by atoms with Crippen LogP contribution in [-0.4, -0.2) is 39.8 Å². The summed E-state index contributed by atoms with van der Waals surface area (Å²) in [6.45, 7) is 0. The van der Waals surface area contributed by atoms with E-state index in [2.05, 4.69) is 16.9 Å². The number of carboxylic acid groups (broad SMARTS) is 1. The van der Waals surface area contributed by atoms with E-state index >= 15 is 0 Å². The second-order valence-electron chi connectivity index (χ2n) is 4.97. The first-order valence-electron chi connectivity index (χ1n) is 6.67. The number of nitrogens with one attached hydrogen (secondary N) is 2. The molecule has 6 nitrogen and oxygen atoms in total. The monoisotopic (exact) mass is 310 g/mol. The zero-order valence-electron chi connectivity index (χ0n) is 11.6. The van der Waals surface area contributed by atoms with Crippen molar-refractivity contribution in [1.82, 2.24) is 5.32 Å². The third-order valence-corrected chi connectivity index (χ3v) is 4.66. The Hall–Kier alpha value is -1.89. The number of aromatic hydroxyl groups is 1. The number of anilines is 1. The molecule has 21 heavy (non-hydrogen) atoms. The molecule has 0 spiro atoms. The van der Waals surface area contributed by atoms with Crippen molar-refractivity contribution in [3.8, 4) is 5.75 Å². The number of hydrogen-bond acceptors (Lipinski definition) is 4. The fourth-order valence-corrected chi connectivity index (χ4v) is 3.24. The third kappa shape index (κ3) is 3.81. The molecule has 0 radical (unpaired) electrons. The van der Waals surface area contributed by atoms with Crippen LogP contribution in [0.25, 0.3) is 0 Å². The molecule has 1 aromatic rings. The summed E-state index contributed by atoms with van der Waals surface area (Å²) in [6.07, 6.45) is 4.99. The van der Waals surface area contributed by atoms with Crippen LogP contribution in [0.2, 0.25) is 0 Å². The summed E-state index contributed by atoms with van der Waals surface area (Å²) < 4.78 is 0. The Morgan fingerprint density at radius 3 is 2.71 bits per heavy atom. The first-order valence-corrected chi connectivity index (χ1v) is 7.95. The number of rotatable bonds is 4. The molecular formula is C14H18N2O4S. The molecular weight excluding hydrogens is 292 g/mol. The zero-order chi connectivity index (χ0) is 15.4. The van der Waals surface area contributed by atoms with Crippen LogP contribution < -0.4 is 10.6 Å². The SMILES string of the molecule is CSC1CCC(NC(=O)Nc2cccc(C(=O)O)c2O)C1. The second-order valence-corrected chi connectivity index (χ2v) is 6.11. The number of aromatic carboxylic acids is 1. The van der Waals surface area contributed by atoms with Crippen molar-refractivity contribution in [2.24, 2.45) is 0 Å². The number of para-hydroxylation sites is 1. The summed E-state index contributed by atoms with van der Waals surface area (Å²) in [4.78, 5) is 22.8. The lowest BCUT2D eigenvalue weighted by atomic mass is 10.1. The van der Waals surface area contributed by atoms with Crippen molar-refractivity contribution in [2.75, 3.05) is 11.6 Å². The van der Waals surface area contributed by atoms with Gasteiger partial charge in [0.1, 0.15) is 5.56 Å². The number of carbonyl (C=O) groups is 2. The van der Waals surface area contributed by atoms with E-state index in [9.17, 15) is 14.7 Å². The fraction of sp³-hybridized carbons (Fsp3) is 0.429. The van der Waals surface area contributed by atoms with Crippen LogP contribution in [0, 0.1) is 0 Å². The molecule has 1 aromatic carbocycles. The molecule has 0 aromatic heterocycles. The average molecular weight is 310 g/mol. The summed E-state index contributed by atoms with van der Waals surface area (Å²) >= 11 is 1.80. The van der Waals surface area contributed by atoms with E-state index in [0.29, 0.717) is 5.25 Å². The van der Waals surface area contributed by atoms with E-state index in [4.69, 9.17) is 5.11 Å². The number of carbonyl (C=O) groups excluding carboxylic acids is 1. The number of thioether (sulfide) groups is 1. The highest BCUT2D eigenvalue weighted by Gasteiger charge is 2.25. The van der Waals surface area contributed by atoms with Gasteiger partial charge in [0.15, 0.2) is 5.75 Å². The van der Waals surface area contributed by atoms with Crippen LogP contribution in [0.1, 0.15) is 29.6 Å². The molecule has 0 aliphatic heterocycles. The van der Waals surface area contributed by atoms with Crippen LogP contribution in [0.4, 0.5) is 10.5 Å². The van der Waals surface area contributed by atoms with Gasteiger partial charge in [-0.3, -0.25) is 0 Å². The zero-order valence-corrected chi connectivity index (χ0v) is 12.4. The molecule has 1 fully saturated rings. The summed E-state index contributed by atoms with van der Waals surface area (Å²) in [7, 11) is 0. The van der Waals surface area contributed by atoms with Crippen LogP contribution in [0.3, 0.4) is 0 Å². The minimum absolute atomic E-state index is 0.0896. The Balaban J connectivity index is 1.97. The Kier molecular flexibility index (Phi) is 4.95. The van der Waals surface area contributed by atoms with E-state index in [1.165, 1.54) is 18.2 Å². The van der Waals surface area contributed by atoms with E-state index in [1.807, 2.05) is 0 Å². The predicted molar refractivity (Wildman–Crippen MR) is 82.2 cm³/mol. The van der Waals surface area contributed by atoms with Crippen molar-refractivity contribution >= 4 is 29.4 Å². The molecule has 114 valence electrons. The molecule has 7 heteroatoms. The molecule has 0 heterocycles. The normalized spacial score (nSPS) is 21.0. The lowest BCUT2D eigenvalue weighted by Gasteiger charge is -2.14. The molecule has 0 bridgehead atoms. The van der Waals surface area contributed by atoms with Crippen LogP contribution in [0.15, 0.2) is 18.2 Å². The average Bonchev–Trinajstić information content (AvgIpc) is 2.88. The van der Waals surface area contributed by atoms with Gasteiger partial charge < -0.3 is 20.8 Å². The minimum Gasteiger partial charge on any atom is -0.505 e. The van der Waals surface area contributed by atoms with Crippen LogP contribution >= 0.6 is 11.8 Å². The van der Waals surface area contributed by atoms with E-state index in [1.54, 1.807) is 11.8 Å². The van der Waals surface area contributed by atoms with Crippen molar-refractivity contribution in [3.05, 3.63) is 23.8 Å². The Bertz CT molecular complexity index is 550. The van der Waals surface area contributed by atoms with Gasteiger partial charge in [-0.25, -0.2) is 9.59 Å². The van der Waals surface area contributed by atoms with Crippen molar-refractivity contribution < 1.29 is 19.8 Å². The molecule has 1 aliphatic rings. The molecule has 1 aliphatic carbocycles. The van der Waals surface area contributed by atoms with Crippen molar-refractivity contribution in [2.45, 2.75) is 30.6 Å².